The first-order chi connectivity index (χ1) is 10.7. The highest BCUT2D eigenvalue weighted by Crippen LogP contribution is 2.30. The molecule has 4 heteroatoms. The normalized spacial score (nSPS) is 23.7. The molecule has 0 spiro atoms. The van der Waals surface area contributed by atoms with Gasteiger partial charge in [-0.05, 0) is 38.4 Å². The number of carbonyl (C=O) groups is 1. The zero-order chi connectivity index (χ0) is 15.5. The highest BCUT2D eigenvalue weighted by Gasteiger charge is 2.36. The number of nitrogens with zero attached hydrogens (tertiary/aromatic N) is 2. The summed E-state index contributed by atoms with van der Waals surface area (Å²) >= 11 is 0. The predicted molar refractivity (Wildman–Crippen MR) is 88.6 cm³/mol. The van der Waals surface area contributed by atoms with Crippen molar-refractivity contribution in [2.75, 3.05) is 26.7 Å². The lowest BCUT2D eigenvalue weighted by Crippen LogP contribution is -2.44. The van der Waals surface area contributed by atoms with Gasteiger partial charge in [-0.1, -0.05) is 37.3 Å². The maximum atomic E-state index is 12.8. The molecule has 0 radical (unpaired) electrons. The Labute approximate surface area is 133 Å². The van der Waals surface area contributed by atoms with Crippen LogP contribution in [-0.4, -0.2) is 54.5 Å². The van der Waals surface area contributed by atoms with Crippen molar-refractivity contribution >= 4 is 5.91 Å². The van der Waals surface area contributed by atoms with Crippen molar-refractivity contribution in [2.24, 2.45) is 0 Å². The van der Waals surface area contributed by atoms with Gasteiger partial charge in [-0.3, -0.25) is 14.6 Å². The van der Waals surface area contributed by atoms with Gasteiger partial charge >= 0.3 is 0 Å². The highest BCUT2D eigenvalue weighted by atomic mass is 16.2. The largest absolute Gasteiger partial charge is 0.350 e. The quantitative estimate of drug-likeness (QED) is 0.873. The summed E-state index contributed by atoms with van der Waals surface area (Å²) in [5, 5.41) is 3.28. The van der Waals surface area contributed by atoms with Crippen LogP contribution in [0, 0.1) is 0 Å². The molecule has 3 rings (SSSR count). The van der Waals surface area contributed by atoms with Gasteiger partial charge in [0.15, 0.2) is 0 Å². The minimum absolute atomic E-state index is 0.137. The van der Waals surface area contributed by atoms with Gasteiger partial charge in [0.05, 0.1) is 0 Å². The highest BCUT2D eigenvalue weighted by molar-refractivity contribution is 5.83. The first kappa shape index (κ1) is 15.5. The van der Waals surface area contributed by atoms with Gasteiger partial charge in [-0.25, -0.2) is 0 Å². The number of rotatable bonds is 6. The Balaban J connectivity index is 1.64. The molecule has 2 aliphatic rings. The first-order valence-electron chi connectivity index (χ1n) is 8.48. The second kappa shape index (κ2) is 6.80. The summed E-state index contributed by atoms with van der Waals surface area (Å²) in [6.07, 6.45) is 3.76. The SMILES string of the molecule is CCN(C)[C@H](C(=O)N[C@H]1CCN(C2CC2)C1)c1ccccc1. The van der Waals surface area contributed by atoms with Crippen LogP contribution >= 0.6 is 0 Å². The maximum Gasteiger partial charge on any atom is 0.242 e. The number of likely N-dealkylation sites (N-methyl/N-ethyl adjacent to an activating group) is 1. The smallest absolute Gasteiger partial charge is 0.242 e. The monoisotopic (exact) mass is 301 g/mol. The van der Waals surface area contributed by atoms with Gasteiger partial charge in [-0.2, -0.15) is 0 Å². The van der Waals surface area contributed by atoms with Crippen LogP contribution in [0.2, 0.25) is 0 Å². The molecule has 1 aromatic rings. The molecule has 1 N–H and O–H groups in total. The van der Waals surface area contributed by atoms with E-state index in [0.717, 1.165) is 37.7 Å². The summed E-state index contributed by atoms with van der Waals surface area (Å²) in [6.45, 7) is 5.10. The Morgan fingerprint density at radius 3 is 2.68 bits per heavy atom. The number of hydrogen-bond acceptors (Lipinski definition) is 3. The predicted octanol–water partition coefficient (Wildman–Crippen LogP) is 2.03. The van der Waals surface area contributed by atoms with Crippen molar-refractivity contribution in [3.63, 3.8) is 0 Å². The molecule has 1 heterocycles. The van der Waals surface area contributed by atoms with E-state index in [2.05, 4.69) is 22.0 Å². The molecule has 1 aliphatic carbocycles. The molecular formula is C18H27N3O. The number of amides is 1. The number of hydrogen-bond donors (Lipinski definition) is 1. The third-order valence-corrected chi connectivity index (χ3v) is 4.93. The number of nitrogens with one attached hydrogen (secondary N) is 1. The fraction of sp³-hybridized carbons (Fsp3) is 0.611. The zero-order valence-electron chi connectivity index (χ0n) is 13.7. The van der Waals surface area contributed by atoms with Gasteiger partial charge in [0.2, 0.25) is 5.91 Å². The number of carbonyl (C=O) groups excluding carboxylic acids is 1. The molecule has 4 nitrogen and oxygen atoms in total. The van der Waals surface area contributed by atoms with Crippen molar-refractivity contribution in [1.29, 1.82) is 0 Å². The second-order valence-corrected chi connectivity index (χ2v) is 6.61. The second-order valence-electron chi connectivity index (χ2n) is 6.61. The minimum Gasteiger partial charge on any atom is -0.350 e. The fourth-order valence-electron chi connectivity index (χ4n) is 3.38. The molecular weight excluding hydrogens is 274 g/mol. The van der Waals surface area contributed by atoms with Crippen LogP contribution in [0.5, 0.6) is 0 Å². The van der Waals surface area contributed by atoms with Crippen LogP contribution in [0.4, 0.5) is 0 Å². The van der Waals surface area contributed by atoms with Gasteiger partial charge in [0.1, 0.15) is 6.04 Å². The Bertz CT molecular complexity index is 500. The average molecular weight is 301 g/mol. The molecule has 1 saturated carbocycles. The summed E-state index contributed by atoms with van der Waals surface area (Å²) in [6, 6.07) is 11.0. The van der Waals surface area contributed by atoms with Crippen LogP contribution in [0.1, 0.15) is 37.8 Å². The third-order valence-electron chi connectivity index (χ3n) is 4.93. The summed E-state index contributed by atoms with van der Waals surface area (Å²) < 4.78 is 0. The van der Waals surface area contributed by atoms with Crippen LogP contribution in [0.15, 0.2) is 30.3 Å². The maximum absolute atomic E-state index is 12.8. The molecule has 0 bridgehead atoms. The lowest BCUT2D eigenvalue weighted by atomic mass is 10.0. The van der Waals surface area contributed by atoms with Crippen molar-refractivity contribution in [2.45, 2.75) is 44.3 Å². The molecule has 2 fully saturated rings. The molecule has 1 aliphatic heterocycles. The Kier molecular flexibility index (Phi) is 4.79. The number of likely N-dealkylation sites (tertiary alicyclic amines) is 1. The molecule has 2 atom stereocenters. The molecule has 1 aromatic carbocycles. The summed E-state index contributed by atoms with van der Waals surface area (Å²) in [5.41, 5.74) is 1.07. The van der Waals surface area contributed by atoms with E-state index in [-0.39, 0.29) is 11.9 Å². The van der Waals surface area contributed by atoms with Crippen molar-refractivity contribution in [3.8, 4) is 0 Å². The molecule has 0 unspecified atom stereocenters. The third kappa shape index (κ3) is 3.50. The van der Waals surface area contributed by atoms with E-state index in [4.69, 9.17) is 0 Å². The topological polar surface area (TPSA) is 35.6 Å². The van der Waals surface area contributed by atoms with E-state index in [0.29, 0.717) is 6.04 Å². The summed E-state index contributed by atoms with van der Waals surface area (Å²) in [5.74, 6) is 0.137. The minimum atomic E-state index is -0.193. The average Bonchev–Trinajstić information content (AvgIpc) is 3.29. The standard InChI is InChI=1S/C18H27N3O/c1-3-20(2)17(14-7-5-4-6-8-14)18(22)19-15-11-12-21(13-15)16-9-10-16/h4-8,15-17H,3,9-13H2,1-2H3,(H,19,22)/t15-,17-/m0/s1. The first-order valence-corrected chi connectivity index (χ1v) is 8.48. The fourth-order valence-corrected chi connectivity index (χ4v) is 3.38. The van der Waals surface area contributed by atoms with Crippen molar-refractivity contribution < 1.29 is 4.79 Å². The molecule has 22 heavy (non-hydrogen) atoms. The van der Waals surface area contributed by atoms with Crippen molar-refractivity contribution in [3.05, 3.63) is 35.9 Å². The van der Waals surface area contributed by atoms with E-state index >= 15 is 0 Å². The van der Waals surface area contributed by atoms with E-state index in [1.54, 1.807) is 0 Å². The lowest BCUT2D eigenvalue weighted by Gasteiger charge is -2.28. The molecule has 120 valence electrons. The molecule has 0 aromatic heterocycles. The van der Waals surface area contributed by atoms with Crippen LogP contribution in [0.25, 0.3) is 0 Å². The molecule has 1 amide bonds. The zero-order valence-corrected chi connectivity index (χ0v) is 13.7. The Morgan fingerprint density at radius 2 is 2.05 bits per heavy atom. The van der Waals surface area contributed by atoms with E-state index in [9.17, 15) is 4.79 Å². The Hall–Kier alpha value is -1.39. The van der Waals surface area contributed by atoms with Gasteiger partial charge in [-0.15, -0.1) is 0 Å². The van der Waals surface area contributed by atoms with E-state index < -0.39 is 0 Å². The van der Waals surface area contributed by atoms with E-state index in [1.807, 2.05) is 37.4 Å². The van der Waals surface area contributed by atoms with Gasteiger partial charge in [0.25, 0.3) is 0 Å². The number of benzene rings is 1. The Morgan fingerprint density at radius 1 is 1.32 bits per heavy atom. The van der Waals surface area contributed by atoms with Crippen LogP contribution in [-0.2, 0) is 4.79 Å². The van der Waals surface area contributed by atoms with Gasteiger partial charge in [0, 0.05) is 25.2 Å². The summed E-state index contributed by atoms with van der Waals surface area (Å²) in [7, 11) is 2.02. The summed E-state index contributed by atoms with van der Waals surface area (Å²) in [4.78, 5) is 17.5. The van der Waals surface area contributed by atoms with Crippen molar-refractivity contribution in [1.82, 2.24) is 15.1 Å². The molecule has 1 saturated heterocycles. The lowest BCUT2D eigenvalue weighted by molar-refractivity contribution is -0.126. The van der Waals surface area contributed by atoms with Crippen LogP contribution < -0.4 is 5.32 Å². The van der Waals surface area contributed by atoms with E-state index in [1.165, 1.54) is 12.8 Å². The van der Waals surface area contributed by atoms with Gasteiger partial charge < -0.3 is 5.32 Å². The van der Waals surface area contributed by atoms with Crippen LogP contribution in [0.3, 0.4) is 0 Å².